The fourth-order valence-corrected chi connectivity index (χ4v) is 1.82. The van der Waals surface area contributed by atoms with Crippen molar-refractivity contribution in [3.63, 3.8) is 0 Å². The third kappa shape index (κ3) is 1.53. The van der Waals surface area contributed by atoms with Gasteiger partial charge in [0.05, 0.1) is 5.02 Å². The fraction of sp³-hybridized carbons (Fsp3) is 0. The predicted molar refractivity (Wildman–Crippen MR) is 59.7 cm³/mol. The van der Waals surface area contributed by atoms with Crippen LogP contribution in [0.1, 0.15) is 20.7 Å². The second-order valence-corrected chi connectivity index (χ2v) is 3.53. The van der Waals surface area contributed by atoms with Gasteiger partial charge in [0.1, 0.15) is 0 Å². The van der Waals surface area contributed by atoms with E-state index in [9.17, 15) is 9.59 Å². The normalized spacial score (nSPS) is 10.2. The first-order valence-corrected chi connectivity index (χ1v) is 4.77. The summed E-state index contributed by atoms with van der Waals surface area (Å²) in [5, 5.41) is 1.83. The number of fused-ring (bicyclic) bond motifs is 1. The summed E-state index contributed by atoms with van der Waals surface area (Å²) in [5.41, 5.74) is 0.717. The van der Waals surface area contributed by atoms with Crippen molar-refractivity contribution in [2.24, 2.45) is 0 Å². The molecule has 0 amide bonds. The molecule has 0 bridgehead atoms. The Kier molecular flexibility index (Phi) is 2.52. The highest BCUT2D eigenvalue weighted by molar-refractivity contribution is 6.36. The van der Waals surface area contributed by atoms with Crippen molar-refractivity contribution in [1.82, 2.24) is 0 Å². The predicted octanol–water partition coefficient (Wildman–Crippen LogP) is 3.12. The Hall–Kier alpha value is -1.67. The lowest BCUT2D eigenvalue weighted by molar-refractivity contribution is 0.112. The lowest BCUT2D eigenvalue weighted by atomic mass is 10.0. The van der Waals surface area contributed by atoms with Crippen LogP contribution in [0.4, 0.5) is 0 Å². The Labute approximate surface area is 91.5 Å². The van der Waals surface area contributed by atoms with Gasteiger partial charge < -0.3 is 0 Å². The van der Waals surface area contributed by atoms with Gasteiger partial charge in [-0.25, -0.2) is 0 Å². The van der Waals surface area contributed by atoms with Gasteiger partial charge in [-0.15, -0.1) is 0 Å². The molecule has 2 aromatic rings. The van der Waals surface area contributed by atoms with Gasteiger partial charge >= 0.3 is 0 Å². The summed E-state index contributed by atoms with van der Waals surface area (Å²) in [6.07, 6.45) is 1.33. The van der Waals surface area contributed by atoms with Crippen LogP contribution in [0.3, 0.4) is 0 Å². The van der Waals surface area contributed by atoms with Gasteiger partial charge in [-0.05, 0) is 16.8 Å². The van der Waals surface area contributed by atoms with Gasteiger partial charge in [0.15, 0.2) is 12.6 Å². The van der Waals surface area contributed by atoms with Crippen LogP contribution in [-0.4, -0.2) is 12.6 Å². The first-order valence-electron chi connectivity index (χ1n) is 4.39. The van der Waals surface area contributed by atoms with Crippen LogP contribution in [0, 0.1) is 0 Å². The van der Waals surface area contributed by atoms with E-state index >= 15 is 0 Å². The summed E-state index contributed by atoms with van der Waals surface area (Å²) in [6, 6.07) is 8.99. The zero-order valence-corrected chi connectivity index (χ0v) is 8.49. The summed E-state index contributed by atoms with van der Waals surface area (Å²) in [7, 11) is 0. The molecule has 0 aliphatic heterocycles. The van der Waals surface area contributed by atoms with Crippen molar-refractivity contribution in [3.8, 4) is 0 Å². The van der Waals surface area contributed by atoms with Crippen LogP contribution in [0.5, 0.6) is 0 Å². The fourth-order valence-electron chi connectivity index (χ4n) is 1.57. The second kappa shape index (κ2) is 3.83. The van der Waals surface area contributed by atoms with E-state index in [-0.39, 0.29) is 5.02 Å². The van der Waals surface area contributed by atoms with Gasteiger partial charge in [-0.3, -0.25) is 9.59 Å². The van der Waals surface area contributed by atoms with Crippen LogP contribution in [0.15, 0.2) is 30.3 Å². The smallest absolute Gasteiger partial charge is 0.152 e. The molecule has 3 heteroatoms. The van der Waals surface area contributed by atoms with Crippen molar-refractivity contribution in [2.45, 2.75) is 0 Å². The Morgan fingerprint density at radius 3 is 2.47 bits per heavy atom. The van der Waals surface area contributed by atoms with E-state index in [2.05, 4.69) is 0 Å². The van der Waals surface area contributed by atoms with Crippen LogP contribution in [0.25, 0.3) is 10.8 Å². The molecule has 0 heterocycles. The van der Waals surface area contributed by atoms with E-state index in [4.69, 9.17) is 11.6 Å². The summed E-state index contributed by atoms with van der Waals surface area (Å²) >= 11 is 5.93. The van der Waals surface area contributed by atoms with Gasteiger partial charge in [-0.2, -0.15) is 0 Å². The van der Waals surface area contributed by atoms with Crippen LogP contribution < -0.4 is 0 Å². The third-order valence-corrected chi connectivity index (χ3v) is 2.72. The molecular weight excluding hydrogens is 212 g/mol. The molecule has 0 saturated heterocycles. The Morgan fingerprint density at radius 2 is 1.80 bits per heavy atom. The molecule has 0 aromatic heterocycles. The molecule has 2 aromatic carbocycles. The number of hydrogen-bond acceptors (Lipinski definition) is 2. The van der Waals surface area contributed by atoms with Gasteiger partial charge in [0.25, 0.3) is 0 Å². The largest absolute Gasteiger partial charge is 0.298 e. The van der Waals surface area contributed by atoms with Crippen molar-refractivity contribution >= 4 is 34.9 Å². The average molecular weight is 219 g/mol. The topological polar surface area (TPSA) is 34.1 Å². The maximum Gasteiger partial charge on any atom is 0.152 e. The third-order valence-electron chi connectivity index (χ3n) is 2.30. The second-order valence-electron chi connectivity index (χ2n) is 3.15. The maximum atomic E-state index is 10.9. The van der Waals surface area contributed by atoms with E-state index in [1.165, 1.54) is 0 Å². The lowest BCUT2D eigenvalue weighted by Crippen LogP contribution is -1.91. The Morgan fingerprint density at radius 1 is 1.07 bits per heavy atom. The highest BCUT2D eigenvalue weighted by Crippen LogP contribution is 2.27. The van der Waals surface area contributed by atoms with Crippen molar-refractivity contribution in [3.05, 3.63) is 46.5 Å². The summed E-state index contributed by atoms with van der Waals surface area (Å²) in [5.74, 6) is 0. The minimum absolute atomic E-state index is 0.221. The summed E-state index contributed by atoms with van der Waals surface area (Å²) < 4.78 is 0. The monoisotopic (exact) mass is 218 g/mol. The Bertz CT molecular complexity index is 547. The van der Waals surface area contributed by atoms with E-state index in [1.807, 2.05) is 18.2 Å². The molecule has 0 unspecified atom stereocenters. The molecule has 0 saturated carbocycles. The first-order chi connectivity index (χ1) is 7.27. The molecular formula is C12H7ClO2. The zero-order chi connectivity index (χ0) is 10.8. The highest BCUT2D eigenvalue weighted by Gasteiger charge is 2.09. The SMILES string of the molecule is O=Cc1cc2ccccc2c(C=O)c1Cl. The zero-order valence-electron chi connectivity index (χ0n) is 7.74. The number of aldehydes is 2. The van der Waals surface area contributed by atoms with Crippen LogP contribution >= 0.6 is 11.6 Å². The Balaban J connectivity index is 2.95. The van der Waals surface area contributed by atoms with Crippen LogP contribution in [-0.2, 0) is 0 Å². The van der Waals surface area contributed by atoms with Crippen LogP contribution in [0.2, 0.25) is 5.02 Å². The molecule has 2 nitrogen and oxygen atoms in total. The van der Waals surface area contributed by atoms with Crippen molar-refractivity contribution < 1.29 is 9.59 Å². The van der Waals surface area contributed by atoms with Crippen molar-refractivity contribution in [1.29, 1.82) is 0 Å². The average Bonchev–Trinajstić information content (AvgIpc) is 2.28. The molecule has 0 aliphatic rings. The molecule has 74 valence electrons. The molecule has 0 spiro atoms. The van der Waals surface area contributed by atoms with E-state index in [1.54, 1.807) is 12.1 Å². The number of hydrogen-bond donors (Lipinski definition) is 0. The molecule has 0 radical (unpaired) electrons. The number of carbonyl (C=O) groups excluding carboxylic acids is 2. The number of halogens is 1. The molecule has 0 fully saturated rings. The highest BCUT2D eigenvalue weighted by atomic mass is 35.5. The first kappa shape index (κ1) is 9.87. The number of benzene rings is 2. The number of rotatable bonds is 2. The van der Waals surface area contributed by atoms with E-state index < -0.39 is 0 Å². The maximum absolute atomic E-state index is 10.9. The standard InChI is InChI=1S/C12H7ClO2/c13-12-9(6-14)5-8-3-1-2-4-10(8)11(12)7-15/h1-7H. The quantitative estimate of drug-likeness (QED) is 0.726. The summed E-state index contributed by atoms with van der Waals surface area (Å²) in [4.78, 5) is 21.6. The van der Waals surface area contributed by atoms with E-state index in [0.29, 0.717) is 23.7 Å². The molecule has 0 aliphatic carbocycles. The molecule has 0 atom stereocenters. The van der Waals surface area contributed by atoms with E-state index in [0.717, 1.165) is 10.8 Å². The minimum Gasteiger partial charge on any atom is -0.298 e. The van der Waals surface area contributed by atoms with Crippen molar-refractivity contribution in [2.75, 3.05) is 0 Å². The molecule has 15 heavy (non-hydrogen) atoms. The van der Waals surface area contributed by atoms with Gasteiger partial charge in [0, 0.05) is 11.1 Å². The molecule has 2 rings (SSSR count). The summed E-state index contributed by atoms with van der Waals surface area (Å²) in [6.45, 7) is 0. The number of carbonyl (C=O) groups is 2. The lowest BCUT2D eigenvalue weighted by Gasteiger charge is -2.05. The minimum atomic E-state index is 0.221. The van der Waals surface area contributed by atoms with Gasteiger partial charge in [0.2, 0.25) is 0 Å². The van der Waals surface area contributed by atoms with Gasteiger partial charge in [-0.1, -0.05) is 35.9 Å². The molecule has 0 N–H and O–H groups in total.